The third-order valence-electron chi connectivity index (χ3n) is 5.54. The largest absolute Gasteiger partial charge is 0.366 e. The summed E-state index contributed by atoms with van der Waals surface area (Å²) < 4.78 is 5.56. The Morgan fingerprint density at radius 3 is 2.82 bits per heavy atom. The summed E-state index contributed by atoms with van der Waals surface area (Å²) in [7, 11) is 0. The predicted molar refractivity (Wildman–Crippen MR) is 104 cm³/mol. The number of hydrogen-bond donors (Lipinski definition) is 1. The molecule has 0 saturated carbocycles. The van der Waals surface area contributed by atoms with E-state index in [9.17, 15) is 9.59 Å². The van der Waals surface area contributed by atoms with Crippen LogP contribution in [0.3, 0.4) is 0 Å². The molecule has 3 aliphatic rings. The van der Waals surface area contributed by atoms with Crippen LogP contribution < -0.4 is 5.32 Å². The van der Waals surface area contributed by atoms with Crippen LogP contribution in [-0.2, 0) is 9.53 Å². The third kappa shape index (κ3) is 4.23. The van der Waals surface area contributed by atoms with Gasteiger partial charge in [-0.05, 0) is 25.3 Å². The number of piperidine rings is 2. The number of carbonyl (C=O) groups is 2. The number of urea groups is 1. The normalized spacial score (nSPS) is 25.4. The predicted octanol–water partition coefficient (Wildman–Crippen LogP) is 1.51. The second kappa shape index (κ2) is 8.38. The first-order valence-corrected chi connectivity index (χ1v) is 10.0. The number of amides is 3. The van der Waals surface area contributed by atoms with Gasteiger partial charge in [0.1, 0.15) is 6.61 Å². The lowest BCUT2D eigenvalue weighted by atomic mass is 9.97. The summed E-state index contributed by atoms with van der Waals surface area (Å²) in [5, 5.41) is 3.55. The van der Waals surface area contributed by atoms with Crippen LogP contribution >= 0.6 is 11.6 Å². The Bertz CT molecular complexity index is 813. The van der Waals surface area contributed by atoms with Crippen molar-refractivity contribution in [3.05, 3.63) is 29.0 Å². The van der Waals surface area contributed by atoms with Gasteiger partial charge in [-0.2, -0.15) is 0 Å². The summed E-state index contributed by atoms with van der Waals surface area (Å²) in [5.74, 6) is 6.52. The molecule has 2 atom stereocenters. The molecule has 0 bridgehead atoms. The van der Waals surface area contributed by atoms with E-state index in [1.165, 1.54) is 0 Å². The highest BCUT2D eigenvalue weighted by Gasteiger charge is 2.37. The number of aromatic nitrogens is 1. The first kappa shape index (κ1) is 19.0. The maximum Gasteiger partial charge on any atom is 0.320 e. The topological polar surface area (TPSA) is 74.8 Å². The van der Waals surface area contributed by atoms with Crippen LogP contribution in [0.4, 0.5) is 4.79 Å². The Hall–Kier alpha value is -2.30. The van der Waals surface area contributed by atoms with Crippen LogP contribution in [-0.4, -0.2) is 71.7 Å². The molecule has 4 heterocycles. The lowest BCUT2D eigenvalue weighted by Crippen LogP contribution is -2.62. The van der Waals surface area contributed by atoms with E-state index >= 15 is 0 Å². The van der Waals surface area contributed by atoms with E-state index in [0.29, 0.717) is 31.2 Å². The van der Waals surface area contributed by atoms with Gasteiger partial charge in [0.25, 0.3) is 0 Å². The number of morpholine rings is 1. The zero-order valence-electron chi connectivity index (χ0n) is 15.6. The van der Waals surface area contributed by atoms with Crippen molar-refractivity contribution in [1.29, 1.82) is 0 Å². The number of nitrogens with zero attached hydrogens (tertiary/aromatic N) is 3. The minimum atomic E-state index is -0.108. The molecule has 3 aliphatic heterocycles. The minimum Gasteiger partial charge on any atom is -0.366 e. The van der Waals surface area contributed by atoms with Crippen molar-refractivity contribution in [2.45, 2.75) is 31.4 Å². The molecule has 7 nitrogen and oxygen atoms in total. The molecule has 1 N–H and O–H groups in total. The van der Waals surface area contributed by atoms with Crippen molar-refractivity contribution in [2.24, 2.45) is 5.92 Å². The molecule has 1 aromatic heterocycles. The Balaban J connectivity index is 1.30. The van der Waals surface area contributed by atoms with E-state index in [2.05, 4.69) is 22.1 Å². The van der Waals surface area contributed by atoms with Gasteiger partial charge in [-0.25, -0.2) is 4.79 Å². The maximum absolute atomic E-state index is 12.9. The molecule has 0 spiro atoms. The van der Waals surface area contributed by atoms with Gasteiger partial charge in [0, 0.05) is 44.5 Å². The van der Waals surface area contributed by atoms with Gasteiger partial charge in [-0.3, -0.25) is 9.78 Å². The van der Waals surface area contributed by atoms with Gasteiger partial charge in [0.15, 0.2) is 0 Å². The molecule has 3 amide bonds. The average Bonchev–Trinajstić information content (AvgIpc) is 2.72. The molecule has 8 heteroatoms. The number of pyridine rings is 1. The molecule has 4 rings (SSSR count). The van der Waals surface area contributed by atoms with Crippen LogP contribution in [0, 0.1) is 17.8 Å². The zero-order chi connectivity index (χ0) is 19.5. The molecule has 28 heavy (non-hydrogen) atoms. The molecular formula is C20H23ClN4O3. The molecule has 0 unspecified atom stereocenters. The summed E-state index contributed by atoms with van der Waals surface area (Å²) in [4.78, 5) is 32.2. The van der Waals surface area contributed by atoms with Crippen LogP contribution in [0.5, 0.6) is 0 Å². The van der Waals surface area contributed by atoms with Gasteiger partial charge < -0.3 is 19.9 Å². The summed E-state index contributed by atoms with van der Waals surface area (Å²) in [5.41, 5.74) is 0.738. The van der Waals surface area contributed by atoms with Crippen LogP contribution in [0.25, 0.3) is 0 Å². The van der Waals surface area contributed by atoms with Crippen molar-refractivity contribution >= 4 is 23.5 Å². The number of likely N-dealkylation sites (tertiary alicyclic amines) is 2. The van der Waals surface area contributed by atoms with E-state index in [0.717, 1.165) is 24.8 Å². The SMILES string of the molecule is O=C1CO[C@H]2CCN(C(=O)N3CCC(C#Cc4cnccc4Cl)CC3)C[C@H]2N1. The fraction of sp³-hybridized carbons (Fsp3) is 0.550. The minimum absolute atomic E-state index is 0.0158. The number of nitrogens with one attached hydrogen (secondary N) is 1. The van der Waals surface area contributed by atoms with Crippen LogP contribution in [0.15, 0.2) is 18.5 Å². The van der Waals surface area contributed by atoms with Gasteiger partial charge in [-0.1, -0.05) is 23.4 Å². The summed E-state index contributed by atoms with van der Waals surface area (Å²) in [6, 6.07) is 1.67. The number of fused-ring (bicyclic) bond motifs is 1. The number of halogens is 1. The van der Waals surface area contributed by atoms with Gasteiger partial charge >= 0.3 is 6.03 Å². The lowest BCUT2D eigenvalue weighted by molar-refractivity contribution is -0.139. The molecule has 1 aromatic rings. The number of ether oxygens (including phenoxy) is 1. The average molecular weight is 403 g/mol. The lowest BCUT2D eigenvalue weighted by Gasteiger charge is -2.43. The summed E-state index contributed by atoms with van der Waals surface area (Å²) in [6.45, 7) is 2.66. The van der Waals surface area contributed by atoms with Gasteiger partial charge in [0.2, 0.25) is 5.91 Å². The third-order valence-corrected chi connectivity index (χ3v) is 5.87. The zero-order valence-corrected chi connectivity index (χ0v) is 16.3. The van der Waals surface area contributed by atoms with Crippen molar-refractivity contribution < 1.29 is 14.3 Å². The second-order valence-corrected chi connectivity index (χ2v) is 7.83. The van der Waals surface area contributed by atoms with E-state index in [1.807, 2.05) is 9.80 Å². The Kier molecular flexibility index (Phi) is 5.69. The molecule has 0 radical (unpaired) electrons. The van der Waals surface area contributed by atoms with Crippen molar-refractivity contribution in [1.82, 2.24) is 20.1 Å². The maximum atomic E-state index is 12.9. The quantitative estimate of drug-likeness (QED) is 0.667. The van der Waals surface area contributed by atoms with Crippen molar-refractivity contribution in [3.8, 4) is 11.8 Å². The molecule has 0 aromatic carbocycles. The van der Waals surface area contributed by atoms with E-state index in [1.54, 1.807) is 18.5 Å². The van der Waals surface area contributed by atoms with Crippen molar-refractivity contribution in [2.75, 3.05) is 32.8 Å². The molecule has 0 aliphatic carbocycles. The van der Waals surface area contributed by atoms with Crippen LogP contribution in [0.2, 0.25) is 5.02 Å². The van der Waals surface area contributed by atoms with Crippen molar-refractivity contribution in [3.63, 3.8) is 0 Å². The Morgan fingerprint density at radius 1 is 1.25 bits per heavy atom. The number of rotatable bonds is 0. The number of carbonyl (C=O) groups excluding carboxylic acids is 2. The first-order chi connectivity index (χ1) is 13.6. The first-order valence-electron chi connectivity index (χ1n) is 9.66. The van der Waals surface area contributed by atoms with E-state index in [-0.39, 0.29) is 36.6 Å². The smallest absolute Gasteiger partial charge is 0.320 e. The monoisotopic (exact) mass is 402 g/mol. The molecular weight excluding hydrogens is 380 g/mol. The molecule has 3 saturated heterocycles. The highest BCUT2D eigenvalue weighted by Crippen LogP contribution is 2.22. The van der Waals surface area contributed by atoms with Gasteiger partial charge in [0.05, 0.1) is 22.7 Å². The fourth-order valence-corrected chi connectivity index (χ4v) is 4.09. The summed E-state index contributed by atoms with van der Waals surface area (Å²) in [6.07, 6.45) is 5.77. The van der Waals surface area contributed by atoms with E-state index in [4.69, 9.17) is 16.3 Å². The highest BCUT2D eigenvalue weighted by atomic mass is 35.5. The fourth-order valence-electron chi connectivity index (χ4n) is 3.94. The standard InChI is InChI=1S/C20H23ClN4O3/c21-16-3-7-22-11-15(16)2-1-14-4-8-24(9-5-14)20(27)25-10-6-18-17(12-25)23-19(26)13-28-18/h3,7,11,14,17-18H,4-6,8-10,12-13H2,(H,23,26)/t17-,18+/m1/s1. The Labute approximate surface area is 169 Å². The number of hydrogen-bond acceptors (Lipinski definition) is 4. The second-order valence-electron chi connectivity index (χ2n) is 7.43. The van der Waals surface area contributed by atoms with Gasteiger partial charge in [-0.15, -0.1) is 0 Å². The highest BCUT2D eigenvalue weighted by molar-refractivity contribution is 6.31. The van der Waals surface area contributed by atoms with E-state index < -0.39 is 0 Å². The molecule has 148 valence electrons. The van der Waals surface area contributed by atoms with Crippen LogP contribution in [0.1, 0.15) is 24.8 Å². The Morgan fingerprint density at radius 2 is 2.04 bits per heavy atom. The molecule has 3 fully saturated rings. The summed E-state index contributed by atoms with van der Waals surface area (Å²) >= 11 is 6.11.